The molecular formula is C17H24N2S. The van der Waals surface area contributed by atoms with Crippen LogP contribution in [-0.4, -0.2) is 18.6 Å². The molecule has 0 radical (unpaired) electrons. The van der Waals surface area contributed by atoms with Crippen molar-refractivity contribution in [3.8, 4) is 0 Å². The molecule has 1 aromatic carbocycles. The topological polar surface area (TPSA) is 24.9 Å². The molecule has 1 heterocycles. The Balaban J connectivity index is 2.06. The summed E-state index contributed by atoms with van der Waals surface area (Å²) in [5, 5.41) is 4.59. The molecule has 2 nitrogen and oxygen atoms in total. The third kappa shape index (κ3) is 4.15. The average molecular weight is 288 g/mol. The summed E-state index contributed by atoms with van der Waals surface area (Å²) < 4.78 is 0. The van der Waals surface area contributed by atoms with E-state index >= 15 is 0 Å². The van der Waals surface area contributed by atoms with Crippen molar-refractivity contribution in [1.29, 1.82) is 0 Å². The van der Waals surface area contributed by atoms with Crippen LogP contribution in [0.5, 0.6) is 0 Å². The van der Waals surface area contributed by atoms with Gasteiger partial charge in [0.1, 0.15) is 0 Å². The van der Waals surface area contributed by atoms with Gasteiger partial charge in [-0.3, -0.25) is 0 Å². The molecule has 1 N–H and O–H groups in total. The van der Waals surface area contributed by atoms with E-state index in [0.29, 0.717) is 5.92 Å². The van der Waals surface area contributed by atoms with Gasteiger partial charge in [0, 0.05) is 11.3 Å². The minimum absolute atomic E-state index is 0.603. The standard InChI is InChI=1S/C17H24N2S/c1-12-6-5-7-15(8-12)9-16(11-18-4)10-17-19-13(2)14(3)20-17/h5-8,16,18H,9-11H2,1-4H3. The molecule has 0 saturated carbocycles. The summed E-state index contributed by atoms with van der Waals surface area (Å²) in [7, 11) is 2.03. The van der Waals surface area contributed by atoms with E-state index in [0.717, 1.165) is 19.4 Å². The summed E-state index contributed by atoms with van der Waals surface area (Å²) in [6.07, 6.45) is 2.17. The third-order valence-corrected chi connectivity index (χ3v) is 4.73. The average Bonchev–Trinajstić information content (AvgIpc) is 2.68. The lowest BCUT2D eigenvalue weighted by Gasteiger charge is -2.15. The Kier molecular flexibility index (Phi) is 5.32. The Labute approximate surface area is 126 Å². The van der Waals surface area contributed by atoms with Crippen molar-refractivity contribution < 1.29 is 0 Å². The van der Waals surface area contributed by atoms with Gasteiger partial charge in [-0.1, -0.05) is 29.8 Å². The molecule has 0 saturated heterocycles. The van der Waals surface area contributed by atoms with Gasteiger partial charge in [0.2, 0.25) is 0 Å². The van der Waals surface area contributed by atoms with Crippen molar-refractivity contribution in [1.82, 2.24) is 10.3 Å². The lowest BCUT2D eigenvalue weighted by Crippen LogP contribution is -2.22. The van der Waals surface area contributed by atoms with Crippen molar-refractivity contribution in [2.75, 3.05) is 13.6 Å². The zero-order valence-corrected chi connectivity index (χ0v) is 13.7. The summed E-state index contributed by atoms with van der Waals surface area (Å²) in [6.45, 7) is 7.45. The van der Waals surface area contributed by atoms with E-state index in [9.17, 15) is 0 Å². The number of rotatable bonds is 6. The van der Waals surface area contributed by atoms with Crippen LogP contribution in [0, 0.1) is 26.7 Å². The molecule has 0 fully saturated rings. The van der Waals surface area contributed by atoms with Crippen LogP contribution in [-0.2, 0) is 12.8 Å². The van der Waals surface area contributed by atoms with Crippen molar-refractivity contribution in [2.45, 2.75) is 33.6 Å². The second-order valence-corrected chi connectivity index (χ2v) is 6.86. The molecule has 1 atom stereocenters. The van der Waals surface area contributed by atoms with Crippen molar-refractivity contribution in [2.24, 2.45) is 5.92 Å². The maximum absolute atomic E-state index is 4.68. The fourth-order valence-electron chi connectivity index (χ4n) is 2.55. The normalized spacial score (nSPS) is 12.6. The quantitative estimate of drug-likeness (QED) is 0.877. The zero-order chi connectivity index (χ0) is 14.5. The largest absolute Gasteiger partial charge is 0.319 e. The van der Waals surface area contributed by atoms with Gasteiger partial charge in [0.15, 0.2) is 0 Å². The van der Waals surface area contributed by atoms with E-state index in [2.05, 4.69) is 55.3 Å². The van der Waals surface area contributed by atoms with E-state index < -0.39 is 0 Å². The molecule has 0 aliphatic carbocycles. The number of hydrogen-bond acceptors (Lipinski definition) is 3. The number of nitrogens with zero attached hydrogens (tertiary/aromatic N) is 1. The van der Waals surface area contributed by atoms with Crippen LogP contribution in [0.3, 0.4) is 0 Å². The Bertz CT molecular complexity index is 540. The molecule has 0 amide bonds. The van der Waals surface area contributed by atoms with Gasteiger partial charge in [-0.25, -0.2) is 4.98 Å². The fourth-order valence-corrected chi connectivity index (χ4v) is 3.60. The van der Waals surface area contributed by atoms with Crippen molar-refractivity contribution in [3.05, 3.63) is 51.0 Å². The highest BCUT2D eigenvalue weighted by molar-refractivity contribution is 7.11. The fraction of sp³-hybridized carbons (Fsp3) is 0.471. The maximum atomic E-state index is 4.68. The number of thiazole rings is 1. The van der Waals surface area contributed by atoms with Gasteiger partial charge < -0.3 is 5.32 Å². The minimum atomic E-state index is 0.603. The van der Waals surface area contributed by atoms with E-state index in [1.54, 1.807) is 0 Å². The molecule has 1 unspecified atom stereocenters. The highest BCUT2D eigenvalue weighted by Gasteiger charge is 2.13. The summed E-state index contributed by atoms with van der Waals surface area (Å²) in [6, 6.07) is 8.83. The van der Waals surface area contributed by atoms with Crippen LogP contribution in [0.15, 0.2) is 24.3 Å². The predicted molar refractivity (Wildman–Crippen MR) is 87.6 cm³/mol. The molecule has 0 spiro atoms. The van der Waals surface area contributed by atoms with E-state index in [-0.39, 0.29) is 0 Å². The Hall–Kier alpha value is -1.19. The molecular weight excluding hydrogens is 264 g/mol. The summed E-state index contributed by atoms with van der Waals surface area (Å²) in [5.41, 5.74) is 3.95. The van der Waals surface area contributed by atoms with Gasteiger partial charge in [0.05, 0.1) is 10.7 Å². The SMILES string of the molecule is CNCC(Cc1cccc(C)c1)Cc1nc(C)c(C)s1. The van der Waals surface area contributed by atoms with Crippen LogP contribution in [0.1, 0.15) is 26.7 Å². The van der Waals surface area contributed by atoms with Crippen LogP contribution >= 0.6 is 11.3 Å². The number of nitrogens with one attached hydrogen (secondary N) is 1. The molecule has 0 aliphatic heterocycles. The first-order chi connectivity index (χ1) is 9.58. The smallest absolute Gasteiger partial charge is 0.0934 e. The van der Waals surface area contributed by atoms with Gasteiger partial charge in [0.25, 0.3) is 0 Å². The second-order valence-electron chi connectivity index (χ2n) is 5.57. The van der Waals surface area contributed by atoms with Gasteiger partial charge >= 0.3 is 0 Å². The molecule has 3 heteroatoms. The lowest BCUT2D eigenvalue weighted by atomic mass is 9.95. The molecule has 20 heavy (non-hydrogen) atoms. The molecule has 2 aromatic rings. The first kappa shape index (κ1) is 15.2. The number of benzene rings is 1. The van der Waals surface area contributed by atoms with Crippen molar-refractivity contribution >= 4 is 11.3 Å². The molecule has 1 aromatic heterocycles. The Morgan fingerprint density at radius 3 is 2.60 bits per heavy atom. The number of aromatic nitrogens is 1. The van der Waals surface area contributed by atoms with Gasteiger partial charge in [-0.15, -0.1) is 11.3 Å². The molecule has 2 rings (SSSR count). The molecule has 0 aliphatic rings. The second kappa shape index (κ2) is 7.00. The minimum Gasteiger partial charge on any atom is -0.319 e. The Morgan fingerprint density at radius 1 is 1.20 bits per heavy atom. The first-order valence-corrected chi connectivity index (χ1v) is 8.03. The van der Waals surface area contributed by atoms with Crippen LogP contribution in [0.4, 0.5) is 0 Å². The summed E-state index contributed by atoms with van der Waals surface area (Å²) in [5.74, 6) is 0.603. The summed E-state index contributed by atoms with van der Waals surface area (Å²) in [4.78, 5) is 6.03. The monoisotopic (exact) mass is 288 g/mol. The van der Waals surface area contributed by atoms with Gasteiger partial charge in [-0.2, -0.15) is 0 Å². The lowest BCUT2D eigenvalue weighted by molar-refractivity contribution is 0.492. The molecule has 0 bridgehead atoms. The van der Waals surface area contributed by atoms with Crippen molar-refractivity contribution in [3.63, 3.8) is 0 Å². The third-order valence-electron chi connectivity index (χ3n) is 3.64. The van der Waals surface area contributed by atoms with E-state index in [1.807, 2.05) is 18.4 Å². The molecule has 108 valence electrons. The zero-order valence-electron chi connectivity index (χ0n) is 12.9. The predicted octanol–water partition coefficient (Wildman–Crippen LogP) is 3.69. The van der Waals surface area contributed by atoms with Crippen LogP contribution < -0.4 is 5.32 Å². The van der Waals surface area contributed by atoms with Gasteiger partial charge in [-0.05, 0) is 52.3 Å². The maximum Gasteiger partial charge on any atom is 0.0934 e. The van der Waals surface area contributed by atoms with Crippen LogP contribution in [0.2, 0.25) is 0 Å². The highest BCUT2D eigenvalue weighted by atomic mass is 32.1. The summed E-state index contributed by atoms with van der Waals surface area (Å²) >= 11 is 1.84. The first-order valence-electron chi connectivity index (χ1n) is 7.21. The number of hydrogen-bond donors (Lipinski definition) is 1. The highest BCUT2D eigenvalue weighted by Crippen LogP contribution is 2.21. The van der Waals surface area contributed by atoms with E-state index in [4.69, 9.17) is 0 Å². The van der Waals surface area contributed by atoms with E-state index in [1.165, 1.54) is 26.7 Å². The Morgan fingerprint density at radius 2 is 2.00 bits per heavy atom. The number of aryl methyl sites for hydroxylation is 3. The van der Waals surface area contributed by atoms with Crippen LogP contribution in [0.25, 0.3) is 0 Å².